The van der Waals surface area contributed by atoms with Crippen molar-refractivity contribution in [2.75, 3.05) is 31.6 Å². The Hall–Kier alpha value is -2.27. The fourth-order valence-electron chi connectivity index (χ4n) is 3.24. The maximum Gasteiger partial charge on any atom is 0.173 e. The molecule has 2 aromatic rings. The second kappa shape index (κ2) is 11.5. The first-order chi connectivity index (χ1) is 13.8. The summed E-state index contributed by atoms with van der Waals surface area (Å²) in [5.41, 5.74) is 0.990. The van der Waals surface area contributed by atoms with Crippen molar-refractivity contribution in [3.05, 3.63) is 54.6 Å². The third-order valence-corrected chi connectivity index (χ3v) is 5.16. The molecule has 0 aliphatic carbocycles. The topological polar surface area (TPSA) is 33.7 Å². The Kier molecular flexibility index (Phi) is 8.44. The van der Waals surface area contributed by atoms with Gasteiger partial charge in [0.25, 0.3) is 0 Å². The molecule has 1 aliphatic rings. The molecule has 3 rings (SSSR count). The van der Waals surface area contributed by atoms with E-state index in [0.29, 0.717) is 6.61 Å². The average Bonchev–Trinajstić information content (AvgIpc) is 2.75. The summed E-state index contributed by atoms with van der Waals surface area (Å²) in [6.07, 6.45) is 6.89. The average molecular weight is 399 g/mol. The highest BCUT2D eigenvalue weighted by atomic mass is 32.1. The lowest BCUT2D eigenvalue weighted by Crippen LogP contribution is -2.38. The summed E-state index contributed by atoms with van der Waals surface area (Å²) in [5, 5.41) is 4.16. The van der Waals surface area contributed by atoms with Crippen molar-refractivity contribution in [1.29, 1.82) is 0 Å². The first-order valence-corrected chi connectivity index (χ1v) is 10.7. The standard InChI is InChI=1S/C23H30N2O2S/c28-23(25-15-6-2-7-16-25)24-20-11-10-14-22(19-20)27-18-9-3-8-17-26-21-12-4-1-5-13-21/h1,4-5,10-14,19H,2-3,6-9,15-18H2,(H,24,28). The molecule has 1 fully saturated rings. The number of rotatable bonds is 9. The fraction of sp³-hybridized carbons (Fsp3) is 0.435. The van der Waals surface area contributed by atoms with Crippen LogP contribution in [0, 0.1) is 0 Å². The van der Waals surface area contributed by atoms with Crippen LogP contribution in [0.1, 0.15) is 38.5 Å². The van der Waals surface area contributed by atoms with Crippen LogP contribution < -0.4 is 14.8 Å². The molecule has 0 radical (unpaired) electrons. The number of nitrogens with zero attached hydrogens (tertiary/aromatic N) is 1. The smallest absolute Gasteiger partial charge is 0.173 e. The van der Waals surface area contributed by atoms with E-state index in [1.54, 1.807) is 0 Å². The number of nitrogens with one attached hydrogen (secondary N) is 1. The van der Waals surface area contributed by atoms with Crippen LogP contribution in [0.3, 0.4) is 0 Å². The summed E-state index contributed by atoms with van der Waals surface area (Å²) in [7, 11) is 0. The molecule has 1 heterocycles. The van der Waals surface area contributed by atoms with Crippen molar-refractivity contribution in [2.45, 2.75) is 38.5 Å². The lowest BCUT2D eigenvalue weighted by atomic mass is 10.1. The van der Waals surface area contributed by atoms with Crippen LogP contribution in [0.2, 0.25) is 0 Å². The van der Waals surface area contributed by atoms with Gasteiger partial charge in [-0.3, -0.25) is 0 Å². The molecule has 0 spiro atoms. The quantitative estimate of drug-likeness (QED) is 0.446. The molecule has 0 bridgehead atoms. The molecule has 4 nitrogen and oxygen atoms in total. The first kappa shape index (κ1) is 20.5. The number of para-hydroxylation sites is 1. The largest absolute Gasteiger partial charge is 0.494 e. The number of benzene rings is 2. The van der Waals surface area contributed by atoms with Gasteiger partial charge in [-0.1, -0.05) is 24.3 Å². The van der Waals surface area contributed by atoms with Gasteiger partial charge in [0.1, 0.15) is 11.5 Å². The summed E-state index contributed by atoms with van der Waals surface area (Å²) < 4.78 is 11.6. The Morgan fingerprint density at radius 2 is 1.50 bits per heavy atom. The number of hydrogen-bond acceptors (Lipinski definition) is 3. The van der Waals surface area contributed by atoms with Gasteiger partial charge in [-0.2, -0.15) is 0 Å². The lowest BCUT2D eigenvalue weighted by Gasteiger charge is -2.29. The second-order valence-electron chi connectivity index (χ2n) is 7.08. The number of hydrogen-bond donors (Lipinski definition) is 1. The third kappa shape index (κ3) is 7.04. The van der Waals surface area contributed by atoms with Gasteiger partial charge in [-0.05, 0) is 75.0 Å². The van der Waals surface area contributed by atoms with Gasteiger partial charge in [0.15, 0.2) is 5.11 Å². The Morgan fingerprint density at radius 1 is 0.821 bits per heavy atom. The number of anilines is 1. The SMILES string of the molecule is S=C(Nc1cccc(OCCCCCOc2ccccc2)c1)N1CCCCC1. The zero-order valence-electron chi connectivity index (χ0n) is 16.4. The van der Waals surface area contributed by atoms with Crippen LogP contribution in [0.4, 0.5) is 5.69 Å². The molecule has 1 N–H and O–H groups in total. The Bertz CT molecular complexity index is 718. The molecule has 150 valence electrons. The number of likely N-dealkylation sites (tertiary alicyclic amines) is 1. The van der Waals surface area contributed by atoms with E-state index in [-0.39, 0.29) is 0 Å². The van der Waals surface area contributed by atoms with Crippen molar-refractivity contribution >= 4 is 23.0 Å². The molecule has 1 saturated heterocycles. The van der Waals surface area contributed by atoms with Gasteiger partial charge in [-0.15, -0.1) is 0 Å². The van der Waals surface area contributed by atoms with Crippen LogP contribution in [0.15, 0.2) is 54.6 Å². The van der Waals surface area contributed by atoms with Gasteiger partial charge >= 0.3 is 0 Å². The highest BCUT2D eigenvalue weighted by Crippen LogP contribution is 2.19. The van der Waals surface area contributed by atoms with Gasteiger partial charge in [-0.25, -0.2) is 0 Å². The summed E-state index contributed by atoms with van der Waals surface area (Å²) in [5.74, 6) is 1.82. The minimum atomic E-state index is 0.714. The van der Waals surface area contributed by atoms with Gasteiger partial charge in [0.2, 0.25) is 0 Å². The van der Waals surface area contributed by atoms with Crippen molar-refractivity contribution in [2.24, 2.45) is 0 Å². The molecule has 0 aromatic heterocycles. The monoisotopic (exact) mass is 398 g/mol. The number of ether oxygens (including phenoxy) is 2. The Balaban J connectivity index is 1.31. The molecule has 28 heavy (non-hydrogen) atoms. The Morgan fingerprint density at radius 3 is 2.25 bits per heavy atom. The predicted molar refractivity (Wildman–Crippen MR) is 119 cm³/mol. The molecule has 2 aromatic carbocycles. The maximum absolute atomic E-state index is 5.90. The molecule has 0 unspecified atom stereocenters. The summed E-state index contributed by atoms with van der Waals surface area (Å²) in [6, 6.07) is 18.0. The van der Waals surface area contributed by atoms with Gasteiger partial charge < -0.3 is 19.7 Å². The summed E-state index contributed by atoms with van der Waals surface area (Å²) in [6.45, 7) is 3.56. The third-order valence-electron chi connectivity index (χ3n) is 4.80. The molecule has 5 heteroatoms. The minimum Gasteiger partial charge on any atom is -0.494 e. The first-order valence-electron chi connectivity index (χ1n) is 10.3. The van der Waals surface area contributed by atoms with Crippen molar-refractivity contribution in [3.63, 3.8) is 0 Å². The van der Waals surface area contributed by atoms with E-state index in [9.17, 15) is 0 Å². The van der Waals surface area contributed by atoms with E-state index >= 15 is 0 Å². The molecular weight excluding hydrogens is 368 g/mol. The van der Waals surface area contributed by atoms with Crippen molar-refractivity contribution < 1.29 is 9.47 Å². The van der Waals surface area contributed by atoms with Crippen LogP contribution >= 0.6 is 12.2 Å². The van der Waals surface area contributed by atoms with Crippen LogP contribution in [-0.2, 0) is 0 Å². The summed E-state index contributed by atoms with van der Waals surface area (Å²) in [4.78, 5) is 2.25. The van der Waals surface area contributed by atoms with E-state index in [1.807, 2.05) is 54.6 Å². The van der Waals surface area contributed by atoms with E-state index < -0.39 is 0 Å². The van der Waals surface area contributed by atoms with E-state index in [4.69, 9.17) is 21.7 Å². The normalized spacial score (nSPS) is 13.8. The number of unbranched alkanes of at least 4 members (excludes halogenated alkanes) is 2. The van der Waals surface area contributed by atoms with Gasteiger partial charge in [0.05, 0.1) is 13.2 Å². The van der Waals surface area contributed by atoms with Crippen LogP contribution in [0.25, 0.3) is 0 Å². The molecule has 1 aliphatic heterocycles. The highest BCUT2D eigenvalue weighted by molar-refractivity contribution is 7.80. The molecular formula is C23H30N2O2S. The summed E-state index contributed by atoms with van der Waals surface area (Å²) >= 11 is 5.54. The second-order valence-corrected chi connectivity index (χ2v) is 7.46. The molecule has 0 atom stereocenters. The number of thiocarbonyl (C=S) groups is 1. The Labute approximate surface area is 173 Å². The lowest BCUT2D eigenvalue weighted by molar-refractivity contribution is 0.279. The van der Waals surface area contributed by atoms with Gasteiger partial charge in [0, 0.05) is 24.8 Å². The molecule has 0 amide bonds. The van der Waals surface area contributed by atoms with Crippen LogP contribution in [0.5, 0.6) is 11.5 Å². The van der Waals surface area contributed by atoms with Crippen molar-refractivity contribution in [3.8, 4) is 11.5 Å². The zero-order valence-corrected chi connectivity index (χ0v) is 17.3. The maximum atomic E-state index is 5.90. The zero-order chi connectivity index (χ0) is 19.4. The predicted octanol–water partition coefficient (Wildman–Crippen LogP) is 5.50. The molecule has 0 saturated carbocycles. The van der Waals surface area contributed by atoms with E-state index in [0.717, 1.165) is 61.3 Å². The van der Waals surface area contributed by atoms with E-state index in [1.165, 1.54) is 19.3 Å². The fourth-order valence-corrected chi connectivity index (χ4v) is 3.54. The highest BCUT2D eigenvalue weighted by Gasteiger charge is 2.13. The number of piperidine rings is 1. The van der Waals surface area contributed by atoms with Crippen molar-refractivity contribution in [1.82, 2.24) is 4.90 Å². The minimum absolute atomic E-state index is 0.714. The van der Waals surface area contributed by atoms with Crippen LogP contribution in [-0.4, -0.2) is 36.3 Å². The van der Waals surface area contributed by atoms with E-state index in [2.05, 4.69) is 10.2 Å².